The van der Waals surface area contributed by atoms with Crippen molar-refractivity contribution in [1.82, 2.24) is 9.99 Å². The number of hydrogen-bond acceptors (Lipinski definition) is 9. The highest BCUT2D eigenvalue weighted by Crippen LogP contribution is 2.38. The van der Waals surface area contributed by atoms with Crippen molar-refractivity contribution < 1.29 is 23.8 Å². The Morgan fingerprint density at radius 2 is 1.97 bits per heavy atom. The number of aromatic nitrogens is 1. The molecule has 1 aromatic carbocycles. The van der Waals surface area contributed by atoms with Crippen LogP contribution in [0.25, 0.3) is 0 Å². The first kappa shape index (κ1) is 23.8. The van der Waals surface area contributed by atoms with Crippen molar-refractivity contribution >= 4 is 40.7 Å². The van der Waals surface area contributed by atoms with E-state index in [1.54, 1.807) is 50.0 Å². The number of nitrogens with zero attached hydrogens (tertiary/aromatic N) is 3. The number of pyridine rings is 1. The van der Waals surface area contributed by atoms with Crippen molar-refractivity contribution in [3.05, 3.63) is 70.0 Å². The van der Waals surface area contributed by atoms with Crippen LogP contribution in [-0.2, 0) is 9.53 Å². The summed E-state index contributed by atoms with van der Waals surface area (Å²) >= 11 is 2.89. The summed E-state index contributed by atoms with van der Waals surface area (Å²) in [4.78, 5) is 30.9. The van der Waals surface area contributed by atoms with Crippen LogP contribution < -0.4 is 9.47 Å². The molecule has 0 saturated carbocycles. The van der Waals surface area contributed by atoms with Crippen LogP contribution in [0.2, 0.25) is 0 Å². The Bertz CT molecular complexity index is 1210. The molecule has 34 heavy (non-hydrogen) atoms. The van der Waals surface area contributed by atoms with Crippen LogP contribution in [0.4, 0.5) is 0 Å². The molecule has 1 amide bonds. The molecular weight excluding hydrogens is 474 g/mol. The third-order valence-electron chi connectivity index (χ3n) is 5.28. The summed E-state index contributed by atoms with van der Waals surface area (Å²) in [6.07, 6.45) is 3.95. The number of carbonyl (C=O) groups is 2. The van der Waals surface area contributed by atoms with E-state index >= 15 is 0 Å². The van der Waals surface area contributed by atoms with Gasteiger partial charge in [-0.1, -0.05) is 12.1 Å². The molecule has 0 bridgehead atoms. The number of rotatable bonds is 8. The van der Waals surface area contributed by atoms with E-state index in [4.69, 9.17) is 14.2 Å². The third kappa shape index (κ3) is 4.92. The average molecular weight is 498 g/mol. The number of hydrazone groups is 1. The number of methoxy groups -OCH3 is 2. The highest BCUT2D eigenvalue weighted by atomic mass is 32.2. The van der Waals surface area contributed by atoms with Gasteiger partial charge in [0.05, 0.1) is 36.4 Å². The number of benzene rings is 1. The Labute approximate surface area is 205 Å². The molecule has 176 valence electrons. The lowest BCUT2D eigenvalue weighted by Crippen LogP contribution is -2.31. The van der Waals surface area contributed by atoms with Crippen LogP contribution in [-0.4, -0.2) is 54.7 Å². The van der Waals surface area contributed by atoms with Gasteiger partial charge < -0.3 is 14.2 Å². The van der Waals surface area contributed by atoms with E-state index in [2.05, 4.69) is 10.1 Å². The summed E-state index contributed by atoms with van der Waals surface area (Å²) in [6, 6.07) is 12.3. The summed E-state index contributed by atoms with van der Waals surface area (Å²) < 4.78 is 16.1. The Morgan fingerprint density at radius 3 is 2.68 bits per heavy atom. The van der Waals surface area contributed by atoms with Crippen molar-refractivity contribution in [3.8, 4) is 11.5 Å². The molecule has 0 aliphatic carbocycles. The highest BCUT2D eigenvalue weighted by molar-refractivity contribution is 7.98. The van der Waals surface area contributed by atoms with Crippen LogP contribution in [0.1, 0.15) is 33.3 Å². The number of carbonyl (C=O) groups excluding carboxylic acids is 2. The number of ether oxygens (including phenoxy) is 3. The number of thioether (sulfide) groups is 1. The maximum atomic E-state index is 13.2. The fraction of sp³-hybridized carbons (Fsp3) is 0.250. The highest BCUT2D eigenvalue weighted by Gasteiger charge is 2.34. The van der Waals surface area contributed by atoms with Crippen molar-refractivity contribution in [3.63, 3.8) is 0 Å². The largest absolute Gasteiger partial charge is 0.493 e. The second kappa shape index (κ2) is 10.7. The van der Waals surface area contributed by atoms with Crippen LogP contribution in [0, 0.1) is 0 Å². The summed E-state index contributed by atoms with van der Waals surface area (Å²) in [7, 11) is 3.13. The monoisotopic (exact) mass is 497 g/mol. The second-order valence-corrected chi connectivity index (χ2v) is 8.98. The van der Waals surface area contributed by atoms with Gasteiger partial charge in [0.1, 0.15) is 5.03 Å². The van der Waals surface area contributed by atoms with Crippen LogP contribution in [0.15, 0.2) is 64.2 Å². The fourth-order valence-electron chi connectivity index (χ4n) is 3.63. The minimum absolute atomic E-state index is 0.323. The molecule has 3 aromatic rings. The number of hydrogen-bond donors (Lipinski definition) is 0. The topological polar surface area (TPSA) is 90.3 Å². The van der Waals surface area contributed by atoms with Gasteiger partial charge in [-0.3, -0.25) is 4.79 Å². The number of esters is 1. The molecule has 1 atom stereocenters. The van der Waals surface area contributed by atoms with E-state index < -0.39 is 18.5 Å². The van der Waals surface area contributed by atoms with E-state index in [1.807, 2.05) is 35.9 Å². The summed E-state index contributed by atoms with van der Waals surface area (Å²) in [5.74, 6) is 0.130. The van der Waals surface area contributed by atoms with E-state index in [0.717, 1.165) is 16.2 Å². The fourth-order valence-corrected chi connectivity index (χ4v) is 4.89. The number of thiophene rings is 1. The lowest BCUT2D eigenvalue weighted by Gasteiger charge is -2.23. The average Bonchev–Trinajstić information content (AvgIpc) is 3.57. The normalized spacial score (nSPS) is 15.1. The molecule has 0 fully saturated rings. The van der Waals surface area contributed by atoms with E-state index in [9.17, 15) is 9.59 Å². The predicted molar refractivity (Wildman–Crippen MR) is 131 cm³/mol. The van der Waals surface area contributed by atoms with Gasteiger partial charge in [-0.05, 0) is 47.5 Å². The zero-order valence-electron chi connectivity index (χ0n) is 18.9. The molecular formula is C24H23N3O5S2. The number of amides is 1. The summed E-state index contributed by atoms with van der Waals surface area (Å²) in [6.45, 7) is -0.438. The molecule has 0 spiro atoms. The molecule has 4 rings (SSSR count). The third-order valence-corrected chi connectivity index (χ3v) is 6.91. The second-order valence-electron chi connectivity index (χ2n) is 7.23. The van der Waals surface area contributed by atoms with Crippen molar-refractivity contribution in [2.45, 2.75) is 17.5 Å². The van der Waals surface area contributed by atoms with E-state index in [0.29, 0.717) is 28.5 Å². The van der Waals surface area contributed by atoms with Gasteiger partial charge in [0.2, 0.25) is 0 Å². The maximum absolute atomic E-state index is 13.2. The lowest BCUT2D eigenvalue weighted by molar-refractivity contribution is -0.136. The Kier molecular flexibility index (Phi) is 7.49. The van der Waals surface area contributed by atoms with Crippen LogP contribution in [0.3, 0.4) is 0 Å². The van der Waals surface area contributed by atoms with Gasteiger partial charge in [-0.15, -0.1) is 23.1 Å². The minimum atomic E-state index is -0.602. The van der Waals surface area contributed by atoms with Gasteiger partial charge in [-0.2, -0.15) is 5.10 Å². The van der Waals surface area contributed by atoms with Gasteiger partial charge in [-0.25, -0.2) is 14.8 Å². The smallest absolute Gasteiger partial charge is 0.341 e. The molecule has 10 heteroatoms. The molecule has 2 aromatic heterocycles. The SMILES string of the molecule is COc1ccc(C2CC(c3cccs3)=NN2C(=O)COC(=O)c2cccnc2SC)cc1OC. The molecule has 1 aliphatic rings. The van der Waals surface area contributed by atoms with E-state index in [-0.39, 0.29) is 6.04 Å². The van der Waals surface area contributed by atoms with Gasteiger partial charge in [0.25, 0.3) is 5.91 Å². The molecule has 1 aliphatic heterocycles. The summed E-state index contributed by atoms with van der Waals surface area (Å²) in [5.41, 5.74) is 1.96. The Morgan fingerprint density at radius 1 is 1.15 bits per heavy atom. The van der Waals surface area contributed by atoms with Crippen molar-refractivity contribution in [2.24, 2.45) is 5.10 Å². The Balaban J connectivity index is 1.57. The standard InChI is InChI=1S/C24H23N3O5S2/c1-30-19-9-8-15(12-20(19)31-2)18-13-17(21-7-5-11-34-21)26-27(18)22(28)14-32-24(29)16-6-4-10-25-23(16)33-3/h4-12,18H,13-14H2,1-3H3. The van der Waals surface area contributed by atoms with Crippen molar-refractivity contribution in [2.75, 3.05) is 27.1 Å². The van der Waals surface area contributed by atoms with Crippen molar-refractivity contribution in [1.29, 1.82) is 0 Å². The van der Waals surface area contributed by atoms with Gasteiger partial charge in [0.15, 0.2) is 18.1 Å². The maximum Gasteiger partial charge on any atom is 0.341 e. The zero-order chi connectivity index (χ0) is 24.1. The molecule has 8 nitrogen and oxygen atoms in total. The van der Waals surface area contributed by atoms with Gasteiger partial charge in [0, 0.05) is 12.6 Å². The molecule has 0 radical (unpaired) electrons. The molecule has 1 unspecified atom stereocenters. The summed E-state index contributed by atoms with van der Waals surface area (Å²) in [5, 5.41) is 8.50. The first-order chi connectivity index (χ1) is 16.5. The molecule has 3 heterocycles. The molecule has 0 N–H and O–H groups in total. The Hall–Kier alpha value is -3.37. The van der Waals surface area contributed by atoms with Crippen LogP contribution >= 0.6 is 23.1 Å². The van der Waals surface area contributed by atoms with Crippen LogP contribution in [0.5, 0.6) is 11.5 Å². The lowest BCUT2D eigenvalue weighted by atomic mass is 10.0. The minimum Gasteiger partial charge on any atom is -0.493 e. The van der Waals surface area contributed by atoms with E-state index in [1.165, 1.54) is 16.8 Å². The quantitative estimate of drug-likeness (QED) is 0.336. The first-order valence-electron chi connectivity index (χ1n) is 10.4. The first-order valence-corrected chi connectivity index (χ1v) is 12.5. The zero-order valence-corrected chi connectivity index (χ0v) is 20.5. The predicted octanol–water partition coefficient (Wildman–Crippen LogP) is 4.42. The molecule has 0 saturated heterocycles. The van der Waals surface area contributed by atoms with Gasteiger partial charge >= 0.3 is 5.97 Å².